The molecule has 0 aliphatic rings. The van der Waals surface area contributed by atoms with Gasteiger partial charge in [0.05, 0.1) is 11.9 Å². The zero-order valence-corrected chi connectivity index (χ0v) is 12.7. The lowest BCUT2D eigenvalue weighted by molar-refractivity contribution is 0.542. The normalized spacial score (nSPS) is 11.5. The van der Waals surface area contributed by atoms with Crippen molar-refractivity contribution in [2.75, 3.05) is 18.4 Å². The van der Waals surface area contributed by atoms with Crippen LogP contribution in [-0.4, -0.2) is 36.5 Å². The third kappa shape index (κ3) is 4.27. The maximum Gasteiger partial charge on any atom is 0.242 e. The molecule has 1 heterocycles. The molecule has 0 bridgehead atoms. The molecule has 2 aromatic rings. The molecule has 1 aromatic carbocycles. The number of aryl methyl sites for hydroxylation is 1. The van der Waals surface area contributed by atoms with Crippen molar-refractivity contribution in [1.29, 1.82) is 0 Å². The molecule has 0 aliphatic heterocycles. The van der Waals surface area contributed by atoms with E-state index >= 15 is 0 Å². The second-order valence-electron chi connectivity index (χ2n) is 4.44. The minimum atomic E-state index is -3.51. The zero-order chi connectivity index (χ0) is 15.1. The molecule has 21 heavy (non-hydrogen) atoms. The largest absolute Gasteiger partial charge is 0.384 e. The van der Waals surface area contributed by atoms with Gasteiger partial charge in [-0.3, -0.25) is 4.68 Å². The van der Waals surface area contributed by atoms with Gasteiger partial charge in [0.2, 0.25) is 10.0 Å². The average molecular weight is 309 g/mol. The summed E-state index contributed by atoms with van der Waals surface area (Å²) < 4.78 is 28.9. The lowest BCUT2D eigenvalue weighted by atomic mass is 10.3. The zero-order valence-electron chi connectivity index (χ0n) is 11.9. The fraction of sp³-hybridized carbons (Fsp3) is 0.385. The minimum Gasteiger partial charge on any atom is -0.384 e. The van der Waals surface area contributed by atoms with E-state index in [2.05, 4.69) is 20.4 Å². The highest BCUT2D eigenvalue weighted by atomic mass is 32.2. The number of nitrogens with one attached hydrogen (secondary N) is 2. The van der Waals surface area contributed by atoms with Crippen LogP contribution in [-0.2, 0) is 16.6 Å². The summed E-state index contributed by atoms with van der Waals surface area (Å²) in [6, 6.07) is 6.87. The molecule has 0 fully saturated rings. The van der Waals surface area contributed by atoms with Gasteiger partial charge in [0.1, 0.15) is 4.90 Å². The molecule has 1 aromatic heterocycles. The van der Waals surface area contributed by atoms with Crippen LogP contribution in [0, 0.1) is 0 Å². The van der Waals surface area contributed by atoms with Gasteiger partial charge in [-0.1, -0.05) is 17.3 Å². The minimum absolute atomic E-state index is 0.271. The number of sulfonamides is 1. The SMILES string of the molecule is CCNc1ccccc1S(=O)(=O)NCCCn1ccnn1. The number of aromatic nitrogens is 3. The van der Waals surface area contributed by atoms with Crippen molar-refractivity contribution in [2.45, 2.75) is 24.8 Å². The number of rotatable bonds is 8. The molecule has 0 atom stereocenters. The summed E-state index contributed by atoms with van der Waals surface area (Å²) >= 11 is 0. The topological polar surface area (TPSA) is 88.9 Å². The Morgan fingerprint density at radius 3 is 2.81 bits per heavy atom. The van der Waals surface area contributed by atoms with E-state index in [1.165, 1.54) is 0 Å². The van der Waals surface area contributed by atoms with Crippen LogP contribution in [0.25, 0.3) is 0 Å². The van der Waals surface area contributed by atoms with Gasteiger partial charge >= 0.3 is 0 Å². The van der Waals surface area contributed by atoms with E-state index in [4.69, 9.17) is 0 Å². The number of nitrogens with zero attached hydrogens (tertiary/aromatic N) is 3. The van der Waals surface area contributed by atoms with E-state index in [1.54, 1.807) is 35.3 Å². The summed E-state index contributed by atoms with van der Waals surface area (Å²) in [6.45, 7) is 3.56. The van der Waals surface area contributed by atoms with E-state index in [1.807, 2.05) is 13.0 Å². The summed E-state index contributed by atoms with van der Waals surface area (Å²) in [4.78, 5) is 0.271. The first-order valence-electron chi connectivity index (χ1n) is 6.80. The summed E-state index contributed by atoms with van der Waals surface area (Å²) in [5.41, 5.74) is 0.615. The van der Waals surface area contributed by atoms with Crippen molar-refractivity contribution < 1.29 is 8.42 Å². The van der Waals surface area contributed by atoms with Crippen molar-refractivity contribution in [3.05, 3.63) is 36.7 Å². The standard InChI is InChI=1S/C13H19N5O2S/c1-2-14-12-6-3-4-7-13(12)21(19,20)16-8-5-10-18-11-9-15-17-18/h3-4,6-7,9,11,14,16H,2,5,8,10H2,1H3. The number of anilines is 1. The Bertz CT molecular complexity index is 655. The molecule has 2 N–H and O–H groups in total. The Balaban J connectivity index is 1.95. The summed E-state index contributed by atoms with van der Waals surface area (Å²) in [5.74, 6) is 0. The molecule has 0 unspecified atom stereocenters. The molecule has 0 amide bonds. The van der Waals surface area contributed by atoms with Gasteiger partial charge < -0.3 is 5.32 Å². The average Bonchev–Trinajstić information content (AvgIpc) is 2.98. The Kier molecular flexibility index (Phi) is 5.29. The van der Waals surface area contributed by atoms with Gasteiger partial charge in [-0.05, 0) is 25.5 Å². The maximum absolute atomic E-state index is 12.3. The molecule has 8 heteroatoms. The number of hydrogen-bond donors (Lipinski definition) is 2. The van der Waals surface area contributed by atoms with Crippen LogP contribution in [0.1, 0.15) is 13.3 Å². The van der Waals surface area contributed by atoms with Gasteiger partial charge in [0.25, 0.3) is 0 Å². The van der Waals surface area contributed by atoms with Crippen LogP contribution in [0.15, 0.2) is 41.6 Å². The molecule has 0 saturated heterocycles. The van der Waals surface area contributed by atoms with Crippen molar-refractivity contribution in [2.24, 2.45) is 0 Å². The van der Waals surface area contributed by atoms with Gasteiger partial charge in [-0.2, -0.15) is 0 Å². The number of hydrogen-bond acceptors (Lipinski definition) is 5. The fourth-order valence-electron chi connectivity index (χ4n) is 1.91. The van der Waals surface area contributed by atoms with Crippen LogP contribution in [0.2, 0.25) is 0 Å². The lowest BCUT2D eigenvalue weighted by Crippen LogP contribution is -2.26. The van der Waals surface area contributed by atoms with Crippen molar-refractivity contribution in [3.63, 3.8) is 0 Å². The van der Waals surface area contributed by atoms with Crippen LogP contribution in [0.5, 0.6) is 0 Å². The molecule has 7 nitrogen and oxygen atoms in total. The highest BCUT2D eigenvalue weighted by Gasteiger charge is 2.17. The molecule has 114 valence electrons. The first-order valence-corrected chi connectivity index (χ1v) is 8.28. The van der Waals surface area contributed by atoms with Crippen LogP contribution in [0.3, 0.4) is 0 Å². The van der Waals surface area contributed by atoms with Gasteiger partial charge in [0, 0.05) is 25.8 Å². The quantitative estimate of drug-likeness (QED) is 0.712. The molecule has 2 rings (SSSR count). The molecular formula is C13H19N5O2S. The van der Waals surface area contributed by atoms with E-state index in [-0.39, 0.29) is 4.90 Å². The molecule has 0 aliphatic carbocycles. The monoisotopic (exact) mass is 309 g/mol. The third-order valence-corrected chi connectivity index (χ3v) is 4.39. The van der Waals surface area contributed by atoms with Crippen LogP contribution >= 0.6 is 0 Å². The van der Waals surface area contributed by atoms with Crippen LogP contribution < -0.4 is 10.0 Å². The molecular weight excluding hydrogens is 290 g/mol. The Morgan fingerprint density at radius 2 is 2.10 bits per heavy atom. The van der Waals surface area contributed by atoms with E-state index in [0.717, 1.165) is 0 Å². The van der Waals surface area contributed by atoms with Gasteiger partial charge in [-0.15, -0.1) is 5.10 Å². The van der Waals surface area contributed by atoms with E-state index in [0.29, 0.717) is 31.7 Å². The highest BCUT2D eigenvalue weighted by Crippen LogP contribution is 2.20. The predicted molar refractivity (Wildman–Crippen MR) is 80.4 cm³/mol. The molecule has 0 radical (unpaired) electrons. The van der Waals surface area contributed by atoms with Crippen LogP contribution in [0.4, 0.5) is 5.69 Å². The van der Waals surface area contributed by atoms with E-state index in [9.17, 15) is 8.42 Å². The highest BCUT2D eigenvalue weighted by molar-refractivity contribution is 7.89. The second kappa shape index (κ2) is 7.19. The Hall–Kier alpha value is -1.93. The molecule has 0 spiro atoms. The molecule has 0 saturated carbocycles. The summed E-state index contributed by atoms with van der Waals surface area (Å²) in [7, 11) is -3.51. The summed E-state index contributed by atoms with van der Waals surface area (Å²) in [6.07, 6.45) is 3.98. The second-order valence-corrected chi connectivity index (χ2v) is 6.18. The fourth-order valence-corrected chi connectivity index (χ4v) is 3.17. The first-order chi connectivity index (χ1) is 10.1. The van der Waals surface area contributed by atoms with Gasteiger partial charge in [0.15, 0.2) is 0 Å². The lowest BCUT2D eigenvalue weighted by Gasteiger charge is -2.12. The van der Waals surface area contributed by atoms with Crippen molar-refractivity contribution in [3.8, 4) is 0 Å². The van der Waals surface area contributed by atoms with Gasteiger partial charge in [-0.25, -0.2) is 13.1 Å². The number of benzene rings is 1. The third-order valence-electron chi connectivity index (χ3n) is 2.87. The van der Waals surface area contributed by atoms with Crippen molar-refractivity contribution in [1.82, 2.24) is 19.7 Å². The predicted octanol–water partition coefficient (Wildman–Crippen LogP) is 1.08. The summed E-state index contributed by atoms with van der Waals surface area (Å²) in [5, 5.41) is 10.6. The van der Waals surface area contributed by atoms with E-state index < -0.39 is 10.0 Å². The Labute approximate surface area is 124 Å². The van der Waals surface area contributed by atoms with Crippen molar-refractivity contribution >= 4 is 15.7 Å². The Morgan fingerprint density at radius 1 is 1.29 bits per heavy atom. The first kappa shape index (κ1) is 15.5. The number of para-hydroxylation sites is 1. The maximum atomic E-state index is 12.3. The smallest absolute Gasteiger partial charge is 0.242 e.